The maximum absolute atomic E-state index is 12.4. The van der Waals surface area contributed by atoms with E-state index in [0.717, 1.165) is 37.7 Å². The molecular weight excluding hydrogens is 314 g/mol. The van der Waals surface area contributed by atoms with Gasteiger partial charge in [-0.15, -0.1) is 0 Å². The number of hydrogen-bond donors (Lipinski definition) is 1. The molecule has 0 radical (unpaired) electrons. The Kier molecular flexibility index (Phi) is 4.50. The maximum Gasteiger partial charge on any atom is 0.223 e. The molecule has 134 valence electrons. The molecular formula is C20H27N3O2. The van der Waals surface area contributed by atoms with Gasteiger partial charge in [0.15, 0.2) is 0 Å². The van der Waals surface area contributed by atoms with Crippen molar-refractivity contribution in [2.24, 2.45) is 0 Å². The van der Waals surface area contributed by atoms with Gasteiger partial charge in [-0.25, -0.2) is 0 Å². The van der Waals surface area contributed by atoms with Gasteiger partial charge in [0.1, 0.15) is 0 Å². The first-order chi connectivity index (χ1) is 12.1. The molecule has 5 heteroatoms. The summed E-state index contributed by atoms with van der Waals surface area (Å²) in [5.74, 6) is 0.490. The van der Waals surface area contributed by atoms with Gasteiger partial charge in [-0.1, -0.05) is 18.2 Å². The monoisotopic (exact) mass is 341 g/mol. The van der Waals surface area contributed by atoms with Crippen LogP contribution in [-0.4, -0.2) is 48.4 Å². The van der Waals surface area contributed by atoms with Crippen LogP contribution in [0.5, 0.6) is 0 Å². The fourth-order valence-electron chi connectivity index (χ4n) is 4.32. The lowest BCUT2D eigenvalue weighted by atomic mass is 9.96. The summed E-state index contributed by atoms with van der Waals surface area (Å²) >= 11 is 0. The van der Waals surface area contributed by atoms with Gasteiger partial charge in [-0.3, -0.25) is 14.5 Å². The van der Waals surface area contributed by atoms with E-state index in [-0.39, 0.29) is 17.7 Å². The third-order valence-electron chi connectivity index (χ3n) is 5.82. The number of amides is 2. The van der Waals surface area contributed by atoms with E-state index in [0.29, 0.717) is 19.0 Å². The highest BCUT2D eigenvalue weighted by molar-refractivity contribution is 5.94. The zero-order chi connectivity index (χ0) is 17.4. The molecule has 2 atom stereocenters. The first-order valence-electron chi connectivity index (χ1n) is 9.52. The van der Waals surface area contributed by atoms with Crippen LogP contribution in [0.2, 0.25) is 0 Å². The quantitative estimate of drug-likeness (QED) is 0.894. The minimum absolute atomic E-state index is 0.0746. The van der Waals surface area contributed by atoms with E-state index >= 15 is 0 Å². The molecule has 4 rings (SSSR count). The highest BCUT2D eigenvalue weighted by atomic mass is 16.2. The molecule has 0 spiro atoms. The molecule has 1 N–H and O–H groups in total. The standard InChI is InChI=1S/C20H27N3O2/c1-14(24)23-12-15(18-4-2-3-5-19(18)23)6-9-20(25)21-16-10-11-22(13-16)17-7-8-17/h2-5,15-17H,6-13H2,1H3,(H,21,25). The van der Waals surface area contributed by atoms with Gasteiger partial charge in [0.05, 0.1) is 0 Å². The number of carbonyl (C=O) groups excluding carboxylic acids is 2. The minimum Gasteiger partial charge on any atom is -0.352 e. The SMILES string of the molecule is CC(=O)N1CC(CCC(=O)NC2CCN(C3CC3)C2)c2ccccc21. The zero-order valence-electron chi connectivity index (χ0n) is 14.9. The topological polar surface area (TPSA) is 52.7 Å². The molecule has 3 aliphatic rings. The van der Waals surface area contributed by atoms with Crippen molar-refractivity contribution in [2.75, 3.05) is 24.5 Å². The molecule has 1 aliphatic carbocycles. The summed E-state index contributed by atoms with van der Waals surface area (Å²) in [5, 5.41) is 3.21. The average molecular weight is 341 g/mol. The van der Waals surface area contributed by atoms with Crippen LogP contribution >= 0.6 is 0 Å². The van der Waals surface area contributed by atoms with Crippen molar-refractivity contribution < 1.29 is 9.59 Å². The molecule has 2 unspecified atom stereocenters. The summed E-state index contributed by atoms with van der Waals surface area (Å²) in [6.07, 6.45) is 5.06. The number of fused-ring (bicyclic) bond motifs is 1. The Morgan fingerprint density at radius 2 is 1.96 bits per heavy atom. The van der Waals surface area contributed by atoms with E-state index in [1.807, 2.05) is 23.1 Å². The minimum atomic E-state index is 0.0746. The summed E-state index contributed by atoms with van der Waals surface area (Å²) in [4.78, 5) is 28.6. The van der Waals surface area contributed by atoms with Gasteiger partial charge >= 0.3 is 0 Å². The van der Waals surface area contributed by atoms with Crippen LogP contribution in [0, 0.1) is 0 Å². The second-order valence-electron chi connectivity index (χ2n) is 7.70. The number of nitrogens with one attached hydrogen (secondary N) is 1. The number of likely N-dealkylation sites (tertiary alicyclic amines) is 1. The Balaban J connectivity index is 1.29. The van der Waals surface area contributed by atoms with E-state index < -0.39 is 0 Å². The van der Waals surface area contributed by atoms with Gasteiger partial charge in [0, 0.05) is 56.7 Å². The van der Waals surface area contributed by atoms with E-state index in [1.54, 1.807) is 6.92 Å². The van der Waals surface area contributed by atoms with Gasteiger partial charge in [-0.2, -0.15) is 0 Å². The Morgan fingerprint density at radius 3 is 2.72 bits per heavy atom. The van der Waals surface area contributed by atoms with Crippen molar-refractivity contribution in [3.05, 3.63) is 29.8 Å². The van der Waals surface area contributed by atoms with E-state index in [2.05, 4.69) is 16.3 Å². The molecule has 1 aromatic carbocycles. The van der Waals surface area contributed by atoms with Crippen molar-refractivity contribution in [1.82, 2.24) is 10.2 Å². The summed E-state index contributed by atoms with van der Waals surface area (Å²) in [6.45, 7) is 4.44. The third-order valence-corrected chi connectivity index (χ3v) is 5.82. The van der Waals surface area contributed by atoms with Crippen LogP contribution in [0.3, 0.4) is 0 Å². The van der Waals surface area contributed by atoms with Crippen molar-refractivity contribution in [3.8, 4) is 0 Å². The Labute approximate surface area is 149 Å². The molecule has 2 fully saturated rings. The molecule has 2 aliphatic heterocycles. The van der Waals surface area contributed by atoms with Gasteiger partial charge in [0.2, 0.25) is 11.8 Å². The molecule has 5 nitrogen and oxygen atoms in total. The van der Waals surface area contributed by atoms with Crippen molar-refractivity contribution in [2.45, 2.75) is 57.0 Å². The first-order valence-corrected chi connectivity index (χ1v) is 9.52. The molecule has 1 saturated carbocycles. The number of hydrogen-bond acceptors (Lipinski definition) is 3. The van der Waals surface area contributed by atoms with Crippen LogP contribution in [0.25, 0.3) is 0 Å². The molecule has 25 heavy (non-hydrogen) atoms. The average Bonchev–Trinajstić information content (AvgIpc) is 3.23. The van der Waals surface area contributed by atoms with Crippen LogP contribution in [0.4, 0.5) is 5.69 Å². The van der Waals surface area contributed by atoms with Gasteiger partial charge < -0.3 is 10.2 Å². The van der Waals surface area contributed by atoms with Crippen molar-refractivity contribution in [3.63, 3.8) is 0 Å². The lowest BCUT2D eigenvalue weighted by Gasteiger charge is -2.17. The predicted octanol–water partition coefficient (Wildman–Crippen LogP) is 2.27. The molecule has 0 aromatic heterocycles. The number of benzene rings is 1. The second kappa shape index (κ2) is 6.79. The Bertz CT molecular complexity index is 671. The highest BCUT2D eigenvalue weighted by Gasteiger charge is 2.35. The van der Waals surface area contributed by atoms with Crippen molar-refractivity contribution >= 4 is 17.5 Å². The van der Waals surface area contributed by atoms with Crippen molar-refractivity contribution in [1.29, 1.82) is 0 Å². The zero-order valence-corrected chi connectivity index (χ0v) is 14.9. The number of rotatable bonds is 5. The van der Waals surface area contributed by atoms with Crippen LogP contribution in [0.1, 0.15) is 50.5 Å². The van der Waals surface area contributed by atoms with Gasteiger partial charge in [-0.05, 0) is 37.3 Å². The summed E-state index contributed by atoms with van der Waals surface area (Å²) < 4.78 is 0. The summed E-state index contributed by atoms with van der Waals surface area (Å²) in [6, 6.07) is 9.18. The molecule has 1 saturated heterocycles. The predicted molar refractivity (Wildman–Crippen MR) is 97.6 cm³/mol. The smallest absolute Gasteiger partial charge is 0.223 e. The number of para-hydroxylation sites is 1. The number of carbonyl (C=O) groups is 2. The van der Waals surface area contributed by atoms with Crippen LogP contribution < -0.4 is 10.2 Å². The van der Waals surface area contributed by atoms with Crippen LogP contribution in [0.15, 0.2) is 24.3 Å². The maximum atomic E-state index is 12.4. The largest absolute Gasteiger partial charge is 0.352 e. The van der Waals surface area contributed by atoms with E-state index in [4.69, 9.17) is 0 Å². The fourth-order valence-corrected chi connectivity index (χ4v) is 4.32. The van der Waals surface area contributed by atoms with E-state index in [9.17, 15) is 9.59 Å². The summed E-state index contributed by atoms with van der Waals surface area (Å²) in [5.41, 5.74) is 2.21. The molecule has 2 amide bonds. The van der Waals surface area contributed by atoms with Gasteiger partial charge in [0.25, 0.3) is 0 Å². The summed E-state index contributed by atoms with van der Waals surface area (Å²) in [7, 11) is 0. The van der Waals surface area contributed by atoms with E-state index in [1.165, 1.54) is 18.4 Å². The lowest BCUT2D eigenvalue weighted by molar-refractivity contribution is -0.121. The second-order valence-corrected chi connectivity index (χ2v) is 7.70. The normalized spacial score (nSPS) is 25.9. The first kappa shape index (κ1) is 16.6. The van der Waals surface area contributed by atoms with Crippen LogP contribution in [-0.2, 0) is 9.59 Å². The molecule has 0 bridgehead atoms. The molecule has 2 heterocycles. The lowest BCUT2D eigenvalue weighted by Crippen LogP contribution is -2.37. The number of anilines is 1. The third kappa shape index (κ3) is 3.56. The molecule has 1 aromatic rings. The Hall–Kier alpha value is -1.88. The highest BCUT2D eigenvalue weighted by Crippen LogP contribution is 2.38. The fraction of sp³-hybridized carbons (Fsp3) is 0.600. The number of nitrogens with zero attached hydrogens (tertiary/aromatic N) is 2. The Morgan fingerprint density at radius 1 is 1.16 bits per heavy atom.